The van der Waals surface area contributed by atoms with Crippen molar-refractivity contribution in [2.75, 3.05) is 24.4 Å². The highest BCUT2D eigenvalue weighted by Gasteiger charge is 2.34. The average molecular weight is 402 g/mol. The van der Waals surface area contributed by atoms with Crippen LogP contribution in [0.3, 0.4) is 0 Å². The predicted octanol–water partition coefficient (Wildman–Crippen LogP) is 5.30. The summed E-state index contributed by atoms with van der Waals surface area (Å²) >= 11 is 0. The number of carbonyl (C=O) groups excluding carboxylic acids is 1. The Morgan fingerprint density at radius 3 is 2.27 bits per heavy atom. The second kappa shape index (κ2) is 8.49. The molecular weight excluding hydrogens is 376 g/mol. The standard InChI is InChI=1S/C25H26N2O3/c1-17-15-23(26-19-9-11-20(29-2)12-10-19)22-16-21(30-3)13-14-24(22)27(17)25(28)18-7-5-4-6-8-18/h4-14,16-17,23,26H,15H2,1-3H3/t17-,23+/m0/s1. The summed E-state index contributed by atoms with van der Waals surface area (Å²) < 4.78 is 10.7. The molecule has 1 amide bonds. The van der Waals surface area contributed by atoms with Gasteiger partial charge >= 0.3 is 0 Å². The fourth-order valence-corrected chi connectivity index (χ4v) is 4.02. The van der Waals surface area contributed by atoms with Gasteiger partial charge in [-0.25, -0.2) is 0 Å². The third-order valence-corrected chi connectivity index (χ3v) is 5.56. The van der Waals surface area contributed by atoms with Gasteiger partial charge in [0.15, 0.2) is 0 Å². The van der Waals surface area contributed by atoms with E-state index < -0.39 is 0 Å². The second-order valence-electron chi connectivity index (χ2n) is 7.48. The van der Waals surface area contributed by atoms with Crippen LogP contribution in [0.1, 0.15) is 35.3 Å². The largest absolute Gasteiger partial charge is 0.497 e. The molecule has 2 atom stereocenters. The number of ether oxygens (including phenoxy) is 2. The molecule has 30 heavy (non-hydrogen) atoms. The van der Waals surface area contributed by atoms with E-state index in [9.17, 15) is 4.79 Å². The topological polar surface area (TPSA) is 50.8 Å². The van der Waals surface area contributed by atoms with Crippen molar-refractivity contribution in [2.24, 2.45) is 0 Å². The number of nitrogens with zero attached hydrogens (tertiary/aromatic N) is 1. The zero-order valence-corrected chi connectivity index (χ0v) is 17.5. The average Bonchev–Trinajstić information content (AvgIpc) is 2.79. The fourth-order valence-electron chi connectivity index (χ4n) is 4.02. The number of carbonyl (C=O) groups is 1. The van der Waals surface area contributed by atoms with Crippen molar-refractivity contribution in [1.82, 2.24) is 0 Å². The molecule has 3 aromatic rings. The van der Waals surface area contributed by atoms with Crippen molar-refractivity contribution in [3.8, 4) is 11.5 Å². The summed E-state index contributed by atoms with van der Waals surface area (Å²) in [5.41, 5.74) is 3.65. The van der Waals surface area contributed by atoms with E-state index in [2.05, 4.69) is 12.2 Å². The van der Waals surface area contributed by atoms with Crippen LogP contribution in [-0.2, 0) is 0 Å². The molecule has 0 bridgehead atoms. The van der Waals surface area contributed by atoms with E-state index in [1.807, 2.05) is 77.7 Å². The van der Waals surface area contributed by atoms with Crippen LogP contribution in [0.2, 0.25) is 0 Å². The molecule has 0 saturated heterocycles. The minimum atomic E-state index is 0.0115. The number of benzene rings is 3. The van der Waals surface area contributed by atoms with Gasteiger partial charge in [0.2, 0.25) is 0 Å². The van der Waals surface area contributed by atoms with Crippen LogP contribution >= 0.6 is 0 Å². The first kappa shape index (κ1) is 19.8. The van der Waals surface area contributed by atoms with Gasteiger partial charge in [0.25, 0.3) is 5.91 Å². The maximum absolute atomic E-state index is 13.3. The van der Waals surface area contributed by atoms with Gasteiger partial charge in [-0.15, -0.1) is 0 Å². The normalized spacial score (nSPS) is 17.8. The Morgan fingerprint density at radius 1 is 0.933 bits per heavy atom. The lowest BCUT2D eigenvalue weighted by Gasteiger charge is -2.40. The Morgan fingerprint density at radius 2 is 1.60 bits per heavy atom. The van der Waals surface area contributed by atoms with Gasteiger partial charge in [-0.2, -0.15) is 0 Å². The van der Waals surface area contributed by atoms with Gasteiger partial charge in [-0.05, 0) is 67.9 Å². The molecular formula is C25H26N2O3. The van der Waals surface area contributed by atoms with Crippen molar-refractivity contribution < 1.29 is 14.3 Å². The highest BCUT2D eigenvalue weighted by molar-refractivity contribution is 6.07. The molecule has 5 heteroatoms. The number of nitrogens with one attached hydrogen (secondary N) is 1. The molecule has 0 aliphatic carbocycles. The zero-order chi connectivity index (χ0) is 21.1. The fraction of sp³-hybridized carbons (Fsp3) is 0.240. The third kappa shape index (κ3) is 3.83. The Labute approximate surface area is 177 Å². The van der Waals surface area contributed by atoms with Crippen molar-refractivity contribution in [3.05, 3.63) is 83.9 Å². The van der Waals surface area contributed by atoms with Crippen molar-refractivity contribution in [1.29, 1.82) is 0 Å². The first-order chi connectivity index (χ1) is 14.6. The molecule has 4 rings (SSSR count). The van der Waals surface area contributed by atoms with Gasteiger partial charge < -0.3 is 19.7 Å². The number of rotatable bonds is 5. The van der Waals surface area contributed by atoms with E-state index in [4.69, 9.17) is 9.47 Å². The molecule has 0 saturated carbocycles. The Kier molecular flexibility index (Phi) is 5.61. The molecule has 1 N–H and O–H groups in total. The molecule has 0 radical (unpaired) electrons. The van der Waals surface area contributed by atoms with E-state index in [1.165, 1.54) is 0 Å². The minimum absolute atomic E-state index is 0.0115. The summed E-state index contributed by atoms with van der Waals surface area (Å²) in [6.45, 7) is 2.09. The second-order valence-corrected chi connectivity index (χ2v) is 7.48. The number of amides is 1. The van der Waals surface area contributed by atoms with Gasteiger partial charge in [0.05, 0.1) is 20.3 Å². The van der Waals surface area contributed by atoms with Crippen molar-refractivity contribution in [2.45, 2.75) is 25.4 Å². The van der Waals surface area contributed by atoms with Crippen molar-refractivity contribution >= 4 is 17.3 Å². The van der Waals surface area contributed by atoms with Crippen LogP contribution in [0, 0.1) is 0 Å². The smallest absolute Gasteiger partial charge is 0.258 e. The minimum Gasteiger partial charge on any atom is -0.497 e. The van der Waals surface area contributed by atoms with Crippen LogP contribution in [0.15, 0.2) is 72.8 Å². The summed E-state index contributed by atoms with van der Waals surface area (Å²) in [4.78, 5) is 15.2. The van der Waals surface area contributed by atoms with Gasteiger partial charge in [-0.1, -0.05) is 18.2 Å². The quantitative estimate of drug-likeness (QED) is 0.629. The molecule has 1 aliphatic heterocycles. The number of anilines is 2. The number of fused-ring (bicyclic) bond motifs is 1. The lowest BCUT2D eigenvalue weighted by atomic mass is 9.90. The summed E-state index contributed by atoms with van der Waals surface area (Å²) in [6, 6.07) is 23.3. The maximum Gasteiger partial charge on any atom is 0.258 e. The van der Waals surface area contributed by atoms with Crippen LogP contribution in [0.4, 0.5) is 11.4 Å². The molecule has 0 aromatic heterocycles. The molecule has 0 spiro atoms. The highest BCUT2D eigenvalue weighted by atomic mass is 16.5. The zero-order valence-electron chi connectivity index (χ0n) is 17.5. The van der Waals surface area contributed by atoms with Crippen molar-refractivity contribution in [3.63, 3.8) is 0 Å². The Hall–Kier alpha value is -3.47. The van der Waals surface area contributed by atoms with Crippen LogP contribution < -0.4 is 19.7 Å². The predicted molar refractivity (Wildman–Crippen MR) is 120 cm³/mol. The van der Waals surface area contributed by atoms with Crippen LogP contribution in [-0.4, -0.2) is 26.2 Å². The molecule has 154 valence electrons. The van der Waals surface area contributed by atoms with Gasteiger partial charge in [0, 0.05) is 28.5 Å². The van der Waals surface area contributed by atoms with E-state index in [0.717, 1.165) is 34.9 Å². The van der Waals surface area contributed by atoms with E-state index in [1.54, 1.807) is 14.2 Å². The van der Waals surface area contributed by atoms with E-state index >= 15 is 0 Å². The lowest BCUT2D eigenvalue weighted by Crippen LogP contribution is -2.44. The van der Waals surface area contributed by atoms with Gasteiger partial charge in [-0.3, -0.25) is 4.79 Å². The monoisotopic (exact) mass is 402 g/mol. The number of hydrogen-bond acceptors (Lipinski definition) is 4. The van der Waals surface area contributed by atoms with E-state index in [0.29, 0.717) is 5.56 Å². The molecule has 0 unspecified atom stereocenters. The highest BCUT2D eigenvalue weighted by Crippen LogP contribution is 2.41. The SMILES string of the molecule is COc1ccc(N[C@@H]2C[C@H](C)N(C(=O)c3ccccc3)c3ccc(OC)cc32)cc1. The summed E-state index contributed by atoms with van der Waals surface area (Å²) in [6.07, 6.45) is 0.783. The maximum atomic E-state index is 13.3. The Balaban J connectivity index is 1.70. The lowest BCUT2D eigenvalue weighted by molar-refractivity contribution is 0.0974. The van der Waals surface area contributed by atoms with Gasteiger partial charge in [0.1, 0.15) is 11.5 Å². The molecule has 5 nitrogen and oxygen atoms in total. The first-order valence-electron chi connectivity index (χ1n) is 10.1. The first-order valence-corrected chi connectivity index (χ1v) is 10.1. The summed E-state index contributed by atoms with van der Waals surface area (Å²) in [5, 5.41) is 3.62. The van der Waals surface area contributed by atoms with Crippen LogP contribution in [0.25, 0.3) is 0 Å². The molecule has 1 aliphatic rings. The third-order valence-electron chi connectivity index (χ3n) is 5.56. The number of hydrogen-bond donors (Lipinski definition) is 1. The molecule has 1 heterocycles. The Bertz CT molecular complexity index is 1020. The molecule has 0 fully saturated rings. The van der Waals surface area contributed by atoms with Crippen LogP contribution in [0.5, 0.6) is 11.5 Å². The number of methoxy groups -OCH3 is 2. The summed E-state index contributed by atoms with van der Waals surface area (Å²) in [7, 11) is 3.32. The molecule has 3 aromatic carbocycles. The summed E-state index contributed by atoms with van der Waals surface area (Å²) in [5.74, 6) is 1.61. The van der Waals surface area contributed by atoms with E-state index in [-0.39, 0.29) is 18.0 Å².